The first-order valence-corrected chi connectivity index (χ1v) is 9.27. The van der Waals surface area contributed by atoms with Gasteiger partial charge in [0.2, 0.25) is 0 Å². The van der Waals surface area contributed by atoms with Crippen LogP contribution in [0.25, 0.3) is 4.13 Å². The highest BCUT2D eigenvalue weighted by Crippen LogP contribution is 2.36. The molecule has 0 aromatic heterocycles. The highest BCUT2D eigenvalue weighted by atomic mass is 32.3. The lowest BCUT2D eigenvalue weighted by atomic mass is 10.2. The second-order valence-electron chi connectivity index (χ2n) is 5.14. The molecule has 0 atom stereocenters. The summed E-state index contributed by atoms with van der Waals surface area (Å²) in [5.74, 6) is 0. The lowest BCUT2D eigenvalue weighted by Crippen LogP contribution is -3.17. The van der Waals surface area contributed by atoms with Crippen LogP contribution in [0.1, 0.15) is 27.7 Å². The van der Waals surface area contributed by atoms with E-state index in [1.54, 1.807) is 0 Å². The summed E-state index contributed by atoms with van der Waals surface area (Å²) in [5.41, 5.74) is -12.4. The molecule has 0 aliphatic carbocycles. The molecular weight excluding hydrogens is 404 g/mol. The largest absolute Gasteiger partial charge is 0.480 e. The van der Waals surface area contributed by atoms with Crippen molar-refractivity contribution in [2.75, 3.05) is 6.54 Å². The zero-order valence-corrected chi connectivity index (χ0v) is 15.1. The molecule has 150 valence electrons. The van der Waals surface area contributed by atoms with Crippen molar-refractivity contribution in [1.29, 1.82) is 5.26 Å². The Morgan fingerprint density at radius 2 is 1.16 bits per heavy atom. The highest BCUT2D eigenvalue weighted by Gasteiger charge is 2.46. The molecule has 0 fully saturated rings. The molecule has 0 saturated carbocycles. The van der Waals surface area contributed by atoms with Gasteiger partial charge >= 0.3 is 11.0 Å². The minimum Gasteiger partial charge on any atom is -0.421 e. The molecule has 0 bridgehead atoms. The Morgan fingerprint density at radius 1 is 0.880 bits per heavy atom. The quantitative estimate of drug-likeness (QED) is 0.531. The minimum atomic E-state index is -6.72. The first kappa shape index (κ1) is 26.1. The predicted molar refractivity (Wildman–Crippen MR) is 75.0 cm³/mol. The molecule has 25 heavy (non-hydrogen) atoms. The number of sulfonamides is 2. The van der Waals surface area contributed by atoms with Crippen molar-refractivity contribution in [3.8, 4) is 6.07 Å². The van der Waals surface area contributed by atoms with Crippen LogP contribution in [-0.2, 0) is 20.0 Å². The van der Waals surface area contributed by atoms with E-state index in [1.807, 2.05) is 0 Å². The highest BCUT2D eigenvalue weighted by molar-refractivity contribution is 8.13. The molecule has 0 rings (SSSR count). The van der Waals surface area contributed by atoms with Gasteiger partial charge in [-0.3, -0.25) is 0 Å². The molecule has 0 amide bonds. The molecule has 0 saturated heterocycles. The molecule has 0 spiro atoms. The first-order valence-electron chi connectivity index (χ1n) is 6.39. The van der Waals surface area contributed by atoms with E-state index < -0.39 is 31.1 Å². The molecule has 0 unspecified atom stereocenters. The Morgan fingerprint density at radius 3 is 1.28 bits per heavy atom. The van der Waals surface area contributed by atoms with E-state index in [0.717, 1.165) is 4.13 Å². The Kier molecular flexibility index (Phi) is 9.41. The molecule has 1 N–H and O–H groups in total. The van der Waals surface area contributed by atoms with Gasteiger partial charge in [0.15, 0.2) is 26.6 Å². The number of rotatable bonds is 5. The van der Waals surface area contributed by atoms with Crippen molar-refractivity contribution >= 4 is 20.0 Å². The summed E-state index contributed by atoms with van der Waals surface area (Å²) in [7, 11) is -13.4. The van der Waals surface area contributed by atoms with Gasteiger partial charge in [-0.05, 0) is 27.7 Å². The fourth-order valence-electron chi connectivity index (χ4n) is 1.38. The lowest BCUT2D eigenvalue weighted by Gasteiger charge is -2.24. The van der Waals surface area contributed by atoms with Crippen molar-refractivity contribution in [2.45, 2.75) is 50.8 Å². The molecule has 7 nitrogen and oxygen atoms in total. The van der Waals surface area contributed by atoms with Crippen molar-refractivity contribution in [2.24, 2.45) is 0 Å². The predicted octanol–water partition coefficient (Wildman–Crippen LogP) is 1.27. The van der Waals surface area contributed by atoms with Crippen molar-refractivity contribution in [1.82, 2.24) is 0 Å². The zero-order chi connectivity index (χ0) is 20.9. The van der Waals surface area contributed by atoms with Crippen LogP contribution in [0.3, 0.4) is 0 Å². The van der Waals surface area contributed by atoms with Crippen LogP contribution in [0.2, 0.25) is 0 Å². The van der Waals surface area contributed by atoms with Crippen molar-refractivity contribution in [3.05, 3.63) is 4.13 Å². The van der Waals surface area contributed by atoms with Gasteiger partial charge in [0, 0.05) is 0 Å². The molecule has 15 heteroatoms. The maximum atomic E-state index is 11.4. The fraction of sp³-hybridized carbons (Fsp3) is 0.900. The molecule has 0 aromatic carbocycles. The molecule has 0 aliphatic rings. The maximum Gasteiger partial charge on any atom is 0.480 e. The summed E-state index contributed by atoms with van der Waals surface area (Å²) >= 11 is 0. The van der Waals surface area contributed by atoms with Crippen LogP contribution in [0.4, 0.5) is 26.3 Å². The fourth-order valence-corrected chi connectivity index (χ4v) is 3.09. The van der Waals surface area contributed by atoms with E-state index in [1.165, 1.54) is 4.90 Å². The zero-order valence-electron chi connectivity index (χ0n) is 13.5. The minimum absolute atomic E-state index is 0.555. The summed E-state index contributed by atoms with van der Waals surface area (Å²) in [6.45, 7) is 9.20. The lowest BCUT2D eigenvalue weighted by molar-refractivity contribution is -0.935. The third-order valence-electron chi connectivity index (χ3n) is 2.55. The van der Waals surface area contributed by atoms with Crippen LogP contribution < -0.4 is 4.90 Å². The van der Waals surface area contributed by atoms with Gasteiger partial charge in [-0.1, -0.05) is 0 Å². The number of nitrogens with one attached hydrogen (secondary N) is 1. The van der Waals surface area contributed by atoms with Gasteiger partial charge in [0.25, 0.3) is 0 Å². The molecule has 0 aliphatic heterocycles. The third kappa shape index (κ3) is 8.70. The van der Waals surface area contributed by atoms with E-state index >= 15 is 0 Å². The van der Waals surface area contributed by atoms with Gasteiger partial charge in [-0.2, -0.15) is 31.6 Å². The van der Waals surface area contributed by atoms with Crippen LogP contribution in [0.15, 0.2) is 0 Å². The van der Waals surface area contributed by atoms with Crippen molar-refractivity contribution in [3.63, 3.8) is 0 Å². The smallest absolute Gasteiger partial charge is 0.421 e. The summed E-state index contributed by atoms with van der Waals surface area (Å²) in [5, 5.41) is 8.46. The number of alkyl halides is 6. The van der Waals surface area contributed by atoms with Gasteiger partial charge in [-0.25, -0.2) is 16.8 Å². The molecule has 0 heterocycles. The number of nitriles is 1. The van der Waals surface area contributed by atoms with E-state index in [2.05, 4.69) is 33.8 Å². The second-order valence-corrected chi connectivity index (χ2v) is 8.56. The number of hydrogen-bond donors (Lipinski definition) is 1. The normalized spacial score (nSPS) is 13.6. The first-order chi connectivity index (χ1) is 10.8. The van der Waals surface area contributed by atoms with Crippen LogP contribution in [0.5, 0.6) is 0 Å². The van der Waals surface area contributed by atoms with E-state index in [9.17, 15) is 43.2 Å². The van der Waals surface area contributed by atoms with Gasteiger partial charge in [0.05, 0.1) is 12.1 Å². The Balaban J connectivity index is 0. The molecular formula is C10H17F6N3O4S2. The van der Waals surface area contributed by atoms with Crippen LogP contribution >= 0.6 is 0 Å². The number of quaternary nitrogens is 1. The maximum absolute atomic E-state index is 11.4. The number of nitrogens with zero attached hydrogens (tertiary/aromatic N) is 2. The van der Waals surface area contributed by atoms with Crippen molar-refractivity contribution < 1.29 is 48.1 Å². The number of halogens is 6. The summed E-state index contributed by atoms with van der Waals surface area (Å²) in [6.07, 6.45) is 0. The summed E-state index contributed by atoms with van der Waals surface area (Å²) in [6, 6.07) is 3.30. The molecule has 0 radical (unpaired) electrons. The van der Waals surface area contributed by atoms with Gasteiger partial charge in [-0.15, -0.1) is 0 Å². The Hall–Kier alpha value is -1.11. The summed E-state index contributed by atoms with van der Waals surface area (Å²) < 4.78 is 109. The van der Waals surface area contributed by atoms with Gasteiger partial charge in [0.1, 0.15) is 6.07 Å². The Labute approximate surface area is 141 Å². The Bertz CT molecular complexity index is 612. The topological polar surface area (TPSA) is 111 Å². The SMILES string of the molecule is CC(C)[NH+](CC#N)C(C)C.O=S(=O)([N-]S(=O)(=O)C(F)(F)F)C(F)(F)F. The molecule has 0 aromatic rings. The van der Waals surface area contributed by atoms with Crippen LogP contribution in [0, 0.1) is 11.3 Å². The summed E-state index contributed by atoms with van der Waals surface area (Å²) in [4.78, 5) is 1.36. The van der Waals surface area contributed by atoms with Gasteiger partial charge < -0.3 is 9.03 Å². The monoisotopic (exact) mass is 421 g/mol. The average Bonchev–Trinajstić information content (AvgIpc) is 2.31. The standard InChI is InChI=1S/C8H16N2.C2F6NO4S2/c1-7(2)10(6-5-9)8(3)4;3-1(4,5)14(10,11)9-15(12,13)2(6,7)8/h7-8H,6H2,1-4H3;/q;-1/p+1. The second kappa shape index (κ2) is 9.01. The average molecular weight is 421 g/mol. The van der Waals surface area contributed by atoms with E-state index in [0.29, 0.717) is 18.6 Å². The van der Waals surface area contributed by atoms with E-state index in [-0.39, 0.29) is 0 Å². The number of hydrogen-bond acceptors (Lipinski definition) is 5. The van der Waals surface area contributed by atoms with Crippen LogP contribution in [-0.4, -0.2) is 46.5 Å². The van der Waals surface area contributed by atoms with E-state index in [4.69, 9.17) is 5.26 Å². The third-order valence-corrected chi connectivity index (χ3v) is 5.29.